The molecule has 0 aliphatic heterocycles. The van der Waals surface area contributed by atoms with E-state index in [4.69, 9.17) is 5.73 Å². The minimum absolute atomic E-state index is 0.00118. The molecule has 0 aromatic heterocycles. The fraction of sp³-hybridized carbons (Fsp3) is 0.333. The number of Topliss-reactive ketones (excluding diaryl/α,β-unsaturated/α-hetero) is 1. The maximum atomic E-state index is 11.4. The lowest BCUT2D eigenvalue weighted by molar-refractivity contribution is -0.135. The van der Waals surface area contributed by atoms with Gasteiger partial charge in [0.25, 0.3) is 0 Å². The van der Waals surface area contributed by atoms with Crippen LogP contribution in [0.1, 0.15) is 20.3 Å². The highest BCUT2D eigenvalue weighted by molar-refractivity contribution is 6.10. The van der Waals surface area contributed by atoms with E-state index in [2.05, 4.69) is 6.58 Å². The molecule has 0 amide bonds. The predicted octanol–water partition coefficient (Wildman–Crippen LogP) is 0.642. The molecular weight excluding hydrogens is 238 g/mol. The fourth-order valence-electron chi connectivity index (χ4n) is 1.04. The maximum absolute atomic E-state index is 11.4. The molecule has 0 radical (unpaired) electrons. The second-order valence-electron chi connectivity index (χ2n) is 3.65. The minimum atomic E-state index is -1.81. The van der Waals surface area contributed by atoms with E-state index < -0.39 is 29.2 Å². The van der Waals surface area contributed by atoms with Crippen molar-refractivity contribution in [3.63, 3.8) is 0 Å². The third kappa shape index (κ3) is 4.06. The molecule has 6 heteroatoms. The van der Waals surface area contributed by atoms with Crippen LogP contribution >= 0.6 is 0 Å². The van der Waals surface area contributed by atoms with Crippen molar-refractivity contribution in [2.45, 2.75) is 26.4 Å². The standard InChI is InChI=1S/C12H17NO5/c1-4-8(14)12(18)10(16)5-9(15)6(2)11(17)7(3)13/h5,12,15,17-18H,3-4,13H2,1-2H3/b9-5?,11-6-. The van der Waals surface area contributed by atoms with E-state index in [0.29, 0.717) is 6.08 Å². The van der Waals surface area contributed by atoms with E-state index in [9.17, 15) is 24.9 Å². The number of allylic oxidation sites excluding steroid dienone is 1. The second-order valence-corrected chi connectivity index (χ2v) is 3.65. The fourth-order valence-corrected chi connectivity index (χ4v) is 1.04. The highest BCUT2D eigenvalue weighted by Crippen LogP contribution is 2.13. The molecule has 0 rings (SSSR count). The van der Waals surface area contributed by atoms with Crippen molar-refractivity contribution in [1.82, 2.24) is 0 Å². The first kappa shape index (κ1) is 15.9. The lowest BCUT2D eigenvalue weighted by Gasteiger charge is -2.07. The van der Waals surface area contributed by atoms with Crippen molar-refractivity contribution >= 4 is 11.6 Å². The molecule has 0 bridgehead atoms. The summed E-state index contributed by atoms with van der Waals surface area (Å²) < 4.78 is 0. The van der Waals surface area contributed by atoms with Gasteiger partial charge in [0, 0.05) is 18.1 Å². The Bertz CT molecular complexity index is 434. The van der Waals surface area contributed by atoms with Crippen LogP contribution in [0, 0.1) is 0 Å². The summed E-state index contributed by atoms with van der Waals surface area (Å²) in [5.74, 6) is -2.67. The van der Waals surface area contributed by atoms with Crippen LogP contribution in [0.5, 0.6) is 0 Å². The maximum Gasteiger partial charge on any atom is 0.195 e. The zero-order valence-corrected chi connectivity index (χ0v) is 10.3. The largest absolute Gasteiger partial charge is 0.507 e. The van der Waals surface area contributed by atoms with Gasteiger partial charge in [0.2, 0.25) is 0 Å². The number of rotatable bonds is 6. The van der Waals surface area contributed by atoms with Crippen LogP contribution in [-0.2, 0) is 9.59 Å². The summed E-state index contributed by atoms with van der Waals surface area (Å²) in [4.78, 5) is 22.5. The average molecular weight is 255 g/mol. The number of hydrogen-bond donors (Lipinski definition) is 4. The minimum Gasteiger partial charge on any atom is -0.507 e. The topological polar surface area (TPSA) is 121 Å². The van der Waals surface area contributed by atoms with Gasteiger partial charge in [-0.3, -0.25) is 9.59 Å². The molecule has 0 aromatic rings. The molecule has 100 valence electrons. The van der Waals surface area contributed by atoms with Gasteiger partial charge in [-0.25, -0.2) is 0 Å². The summed E-state index contributed by atoms with van der Waals surface area (Å²) in [6, 6.07) is 0. The molecule has 0 spiro atoms. The Morgan fingerprint density at radius 3 is 2.28 bits per heavy atom. The van der Waals surface area contributed by atoms with Gasteiger partial charge >= 0.3 is 0 Å². The lowest BCUT2D eigenvalue weighted by atomic mass is 10.1. The van der Waals surface area contributed by atoms with Crippen LogP contribution in [0.2, 0.25) is 0 Å². The second kappa shape index (κ2) is 6.61. The molecule has 0 heterocycles. The number of aliphatic hydroxyl groups is 3. The molecule has 1 unspecified atom stereocenters. The molecule has 0 aliphatic carbocycles. The zero-order valence-electron chi connectivity index (χ0n) is 10.3. The number of nitrogens with two attached hydrogens (primary N) is 1. The SMILES string of the molecule is C=C(N)/C(O)=C(\C)C(O)=CC(=O)C(O)C(=O)CC. The highest BCUT2D eigenvalue weighted by atomic mass is 16.3. The van der Waals surface area contributed by atoms with Gasteiger partial charge in [-0.05, 0) is 6.92 Å². The molecule has 6 nitrogen and oxygen atoms in total. The molecule has 1 atom stereocenters. The van der Waals surface area contributed by atoms with E-state index >= 15 is 0 Å². The van der Waals surface area contributed by atoms with Crippen LogP contribution in [0.25, 0.3) is 0 Å². The van der Waals surface area contributed by atoms with E-state index in [0.717, 1.165) is 0 Å². The summed E-state index contributed by atoms with van der Waals surface area (Å²) in [5.41, 5.74) is 4.95. The van der Waals surface area contributed by atoms with Gasteiger partial charge in [0.1, 0.15) is 11.5 Å². The van der Waals surface area contributed by atoms with Crippen LogP contribution in [0.4, 0.5) is 0 Å². The quantitative estimate of drug-likeness (QED) is 0.239. The smallest absolute Gasteiger partial charge is 0.195 e. The first-order chi connectivity index (χ1) is 8.22. The zero-order chi connectivity index (χ0) is 14.5. The van der Waals surface area contributed by atoms with Gasteiger partial charge in [0.15, 0.2) is 17.7 Å². The Balaban J connectivity index is 5.12. The van der Waals surface area contributed by atoms with E-state index in [1.165, 1.54) is 13.8 Å². The Labute approximate surface area is 105 Å². The summed E-state index contributed by atoms with van der Waals surface area (Å²) in [7, 11) is 0. The average Bonchev–Trinajstić information content (AvgIpc) is 2.34. The van der Waals surface area contributed by atoms with Crippen LogP contribution in [-0.4, -0.2) is 33.0 Å². The van der Waals surface area contributed by atoms with Crippen molar-refractivity contribution < 1.29 is 24.9 Å². The van der Waals surface area contributed by atoms with Crippen molar-refractivity contribution in [1.29, 1.82) is 0 Å². The van der Waals surface area contributed by atoms with Gasteiger partial charge in [-0.2, -0.15) is 0 Å². The predicted molar refractivity (Wildman–Crippen MR) is 65.7 cm³/mol. The van der Waals surface area contributed by atoms with Crippen molar-refractivity contribution in [3.8, 4) is 0 Å². The third-order valence-electron chi connectivity index (χ3n) is 2.25. The van der Waals surface area contributed by atoms with Gasteiger partial charge in [0.05, 0.1) is 5.70 Å². The summed E-state index contributed by atoms with van der Waals surface area (Å²) in [6.07, 6.45) is -1.15. The Morgan fingerprint density at radius 2 is 1.89 bits per heavy atom. The normalized spacial score (nSPS) is 14.7. The van der Waals surface area contributed by atoms with Crippen molar-refractivity contribution in [3.05, 3.63) is 35.4 Å². The number of carbonyl (C=O) groups excluding carboxylic acids is 2. The van der Waals surface area contributed by atoms with E-state index in [1.807, 2.05) is 0 Å². The molecular formula is C12H17NO5. The molecule has 5 N–H and O–H groups in total. The van der Waals surface area contributed by atoms with Crippen molar-refractivity contribution in [2.24, 2.45) is 5.73 Å². The van der Waals surface area contributed by atoms with Gasteiger partial charge in [-0.15, -0.1) is 0 Å². The van der Waals surface area contributed by atoms with Crippen LogP contribution in [0.3, 0.4) is 0 Å². The molecule has 18 heavy (non-hydrogen) atoms. The molecule has 0 aromatic carbocycles. The third-order valence-corrected chi connectivity index (χ3v) is 2.25. The first-order valence-electron chi connectivity index (χ1n) is 5.22. The number of hydrogen-bond acceptors (Lipinski definition) is 6. The molecule has 0 aliphatic rings. The number of carbonyl (C=O) groups is 2. The lowest BCUT2D eigenvalue weighted by Crippen LogP contribution is -2.28. The van der Waals surface area contributed by atoms with Crippen molar-refractivity contribution in [2.75, 3.05) is 0 Å². The van der Waals surface area contributed by atoms with Gasteiger partial charge in [-0.1, -0.05) is 13.5 Å². The Hall–Kier alpha value is -2.08. The summed E-state index contributed by atoms with van der Waals surface area (Å²) in [6.45, 7) is 6.06. The molecule has 0 saturated carbocycles. The first-order valence-corrected chi connectivity index (χ1v) is 5.22. The molecule has 0 fully saturated rings. The number of ketones is 2. The Kier molecular flexibility index (Phi) is 5.84. The van der Waals surface area contributed by atoms with E-state index in [1.54, 1.807) is 0 Å². The van der Waals surface area contributed by atoms with Crippen LogP contribution < -0.4 is 5.73 Å². The highest BCUT2D eigenvalue weighted by Gasteiger charge is 2.21. The monoisotopic (exact) mass is 255 g/mol. The van der Waals surface area contributed by atoms with Gasteiger partial charge < -0.3 is 21.1 Å². The van der Waals surface area contributed by atoms with Crippen LogP contribution in [0.15, 0.2) is 35.4 Å². The number of aliphatic hydroxyl groups excluding tert-OH is 3. The summed E-state index contributed by atoms with van der Waals surface area (Å²) >= 11 is 0. The Morgan fingerprint density at radius 1 is 1.39 bits per heavy atom. The summed E-state index contributed by atoms with van der Waals surface area (Å²) in [5, 5.41) is 28.2. The van der Waals surface area contributed by atoms with E-state index in [-0.39, 0.29) is 17.7 Å². The molecule has 0 saturated heterocycles.